The summed E-state index contributed by atoms with van der Waals surface area (Å²) in [4.78, 5) is 0. The number of hydrogen-bond acceptors (Lipinski definition) is 2. The van der Waals surface area contributed by atoms with E-state index in [4.69, 9.17) is 5.11 Å². The molecule has 0 radical (unpaired) electrons. The van der Waals surface area contributed by atoms with E-state index in [1.807, 2.05) is 30.3 Å². The highest BCUT2D eigenvalue weighted by Gasteiger charge is 2.18. The largest absolute Gasteiger partial charge is 0.394 e. The Hall–Kier alpha value is -0.860. The Labute approximate surface area is 85.2 Å². The van der Waals surface area contributed by atoms with Gasteiger partial charge in [0.05, 0.1) is 12.7 Å². The number of aliphatic hydroxyl groups is 2. The molecular formula is C12H18O2. The van der Waals surface area contributed by atoms with Crippen LogP contribution >= 0.6 is 0 Å². The molecule has 0 aliphatic heterocycles. The molecule has 1 aromatic rings. The van der Waals surface area contributed by atoms with Crippen molar-refractivity contribution in [3.05, 3.63) is 35.9 Å². The van der Waals surface area contributed by atoms with Crippen molar-refractivity contribution in [2.75, 3.05) is 6.61 Å². The highest BCUT2D eigenvalue weighted by molar-refractivity contribution is 5.20. The Kier molecular flexibility index (Phi) is 4.63. The van der Waals surface area contributed by atoms with E-state index in [0.29, 0.717) is 0 Å². The third kappa shape index (κ3) is 2.82. The molecule has 1 aromatic carbocycles. The van der Waals surface area contributed by atoms with Crippen molar-refractivity contribution < 1.29 is 10.2 Å². The first kappa shape index (κ1) is 11.2. The standard InChI is InChI=1S/C12H18O2/c1-2-6-11(12(14)9-13)10-7-4-3-5-8-10/h3-5,7-8,11-14H,2,6,9H2,1H3. The minimum Gasteiger partial charge on any atom is -0.394 e. The maximum atomic E-state index is 9.65. The fourth-order valence-electron chi connectivity index (χ4n) is 1.72. The smallest absolute Gasteiger partial charge is 0.0839 e. The maximum absolute atomic E-state index is 9.65. The van der Waals surface area contributed by atoms with Crippen molar-refractivity contribution in [2.24, 2.45) is 0 Å². The van der Waals surface area contributed by atoms with Gasteiger partial charge < -0.3 is 10.2 Å². The minimum absolute atomic E-state index is 0.0613. The minimum atomic E-state index is -0.641. The zero-order valence-corrected chi connectivity index (χ0v) is 8.56. The van der Waals surface area contributed by atoms with Gasteiger partial charge in [0.15, 0.2) is 0 Å². The van der Waals surface area contributed by atoms with Crippen LogP contribution in [-0.2, 0) is 0 Å². The number of benzene rings is 1. The lowest BCUT2D eigenvalue weighted by Crippen LogP contribution is -2.22. The van der Waals surface area contributed by atoms with Gasteiger partial charge in [0.2, 0.25) is 0 Å². The molecule has 0 aliphatic carbocycles. The van der Waals surface area contributed by atoms with E-state index >= 15 is 0 Å². The topological polar surface area (TPSA) is 40.5 Å². The van der Waals surface area contributed by atoms with Crippen LogP contribution in [0.4, 0.5) is 0 Å². The van der Waals surface area contributed by atoms with E-state index in [1.54, 1.807) is 0 Å². The third-order valence-corrected chi connectivity index (χ3v) is 2.48. The fourth-order valence-corrected chi connectivity index (χ4v) is 1.72. The Balaban J connectivity index is 2.77. The molecule has 2 atom stereocenters. The van der Waals surface area contributed by atoms with Crippen molar-refractivity contribution in [3.8, 4) is 0 Å². The highest BCUT2D eigenvalue weighted by atomic mass is 16.3. The molecule has 0 bridgehead atoms. The van der Waals surface area contributed by atoms with E-state index in [-0.39, 0.29) is 12.5 Å². The summed E-state index contributed by atoms with van der Waals surface area (Å²) in [6.45, 7) is 1.92. The van der Waals surface area contributed by atoms with Crippen LogP contribution in [0.5, 0.6) is 0 Å². The molecule has 0 aromatic heterocycles. The quantitative estimate of drug-likeness (QED) is 0.752. The molecule has 0 saturated carbocycles. The molecule has 14 heavy (non-hydrogen) atoms. The van der Waals surface area contributed by atoms with Gasteiger partial charge in [-0.3, -0.25) is 0 Å². The van der Waals surface area contributed by atoms with Crippen molar-refractivity contribution in [3.63, 3.8) is 0 Å². The van der Waals surface area contributed by atoms with Crippen LogP contribution in [0.2, 0.25) is 0 Å². The van der Waals surface area contributed by atoms with E-state index in [0.717, 1.165) is 18.4 Å². The van der Waals surface area contributed by atoms with Gasteiger partial charge in [0, 0.05) is 5.92 Å². The van der Waals surface area contributed by atoms with Crippen LogP contribution in [-0.4, -0.2) is 22.9 Å². The first-order chi connectivity index (χ1) is 6.79. The summed E-state index contributed by atoms with van der Waals surface area (Å²) in [5.41, 5.74) is 1.11. The Bertz CT molecular complexity index is 246. The summed E-state index contributed by atoms with van der Waals surface area (Å²) in [5, 5.41) is 18.6. The summed E-state index contributed by atoms with van der Waals surface area (Å²) in [6, 6.07) is 9.88. The lowest BCUT2D eigenvalue weighted by Gasteiger charge is -2.21. The average molecular weight is 194 g/mol. The Morgan fingerprint density at radius 2 is 1.86 bits per heavy atom. The van der Waals surface area contributed by atoms with Crippen molar-refractivity contribution in [1.29, 1.82) is 0 Å². The van der Waals surface area contributed by atoms with Crippen LogP contribution in [0.3, 0.4) is 0 Å². The van der Waals surface area contributed by atoms with Crippen LogP contribution < -0.4 is 0 Å². The molecule has 2 unspecified atom stereocenters. The lowest BCUT2D eigenvalue weighted by atomic mass is 9.90. The zero-order chi connectivity index (χ0) is 10.4. The molecule has 0 aliphatic rings. The second kappa shape index (κ2) is 5.78. The monoisotopic (exact) mass is 194 g/mol. The highest BCUT2D eigenvalue weighted by Crippen LogP contribution is 2.24. The molecule has 0 amide bonds. The van der Waals surface area contributed by atoms with Crippen LogP contribution in [0.1, 0.15) is 31.2 Å². The Morgan fingerprint density at radius 1 is 1.21 bits per heavy atom. The molecule has 1 rings (SSSR count). The summed E-state index contributed by atoms with van der Waals surface area (Å²) in [5.74, 6) is 0.0613. The van der Waals surface area contributed by atoms with E-state index in [9.17, 15) is 5.11 Å². The molecular weight excluding hydrogens is 176 g/mol. The fraction of sp³-hybridized carbons (Fsp3) is 0.500. The second-order valence-electron chi connectivity index (χ2n) is 3.56. The van der Waals surface area contributed by atoms with Gasteiger partial charge >= 0.3 is 0 Å². The molecule has 78 valence electrons. The number of hydrogen-bond donors (Lipinski definition) is 2. The predicted molar refractivity (Wildman–Crippen MR) is 57.2 cm³/mol. The van der Waals surface area contributed by atoms with E-state index in [1.165, 1.54) is 0 Å². The Morgan fingerprint density at radius 3 is 2.36 bits per heavy atom. The van der Waals surface area contributed by atoms with Gasteiger partial charge in [0.1, 0.15) is 0 Å². The van der Waals surface area contributed by atoms with Crippen molar-refractivity contribution in [1.82, 2.24) is 0 Å². The summed E-state index contributed by atoms with van der Waals surface area (Å²) >= 11 is 0. The van der Waals surface area contributed by atoms with Crippen LogP contribution in [0.15, 0.2) is 30.3 Å². The molecule has 2 heteroatoms. The molecule has 2 N–H and O–H groups in total. The predicted octanol–water partition coefficient (Wildman–Crippen LogP) is 1.92. The zero-order valence-electron chi connectivity index (χ0n) is 8.56. The van der Waals surface area contributed by atoms with Gasteiger partial charge in [-0.25, -0.2) is 0 Å². The number of rotatable bonds is 5. The molecule has 0 spiro atoms. The van der Waals surface area contributed by atoms with E-state index < -0.39 is 6.10 Å². The van der Waals surface area contributed by atoms with Gasteiger partial charge in [-0.05, 0) is 12.0 Å². The van der Waals surface area contributed by atoms with Gasteiger partial charge in [-0.1, -0.05) is 43.7 Å². The van der Waals surface area contributed by atoms with Crippen LogP contribution in [0, 0.1) is 0 Å². The summed E-state index contributed by atoms with van der Waals surface area (Å²) in [6.07, 6.45) is 1.28. The second-order valence-corrected chi connectivity index (χ2v) is 3.56. The first-order valence-electron chi connectivity index (χ1n) is 5.13. The van der Waals surface area contributed by atoms with Crippen molar-refractivity contribution in [2.45, 2.75) is 31.8 Å². The molecule has 0 saturated heterocycles. The van der Waals surface area contributed by atoms with Crippen molar-refractivity contribution >= 4 is 0 Å². The normalized spacial score (nSPS) is 15.1. The van der Waals surface area contributed by atoms with Crippen LogP contribution in [0.25, 0.3) is 0 Å². The van der Waals surface area contributed by atoms with Gasteiger partial charge in [0.25, 0.3) is 0 Å². The molecule has 0 fully saturated rings. The summed E-state index contributed by atoms with van der Waals surface area (Å²) in [7, 11) is 0. The third-order valence-electron chi connectivity index (χ3n) is 2.48. The molecule has 2 nitrogen and oxygen atoms in total. The van der Waals surface area contributed by atoms with E-state index in [2.05, 4.69) is 6.92 Å². The SMILES string of the molecule is CCCC(c1ccccc1)C(O)CO. The molecule has 0 heterocycles. The first-order valence-corrected chi connectivity index (χ1v) is 5.13. The average Bonchev–Trinajstić information content (AvgIpc) is 2.26. The van der Waals surface area contributed by atoms with Gasteiger partial charge in [-0.2, -0.15) is 0 Å². The van der Waals surface area contributed by atoms with Gasteiger partial charge in [-0.15, -0.1) is 0 Å². The number of aliphatic hydroxyl groups excluding tert-OH is 2. The maximum Gasteiger partial charge on any atom is 0.0839 e. The lowest BCUT2D eigenvalue weighted by molar-refractivity contribution is 0.0697. The summed E-state index contributed by atoms with van der Waals surface area (Å²) < 4.78 is 0.